The predicted octanol–water partition coefficient (Wildman–Crippen LogP) is 4.13. The molecule has 0 aliphatic rings. The Morgan fingerprint density at radius 2 is 1.79 bits per heavy atom. The van der Waals surface area contributed by atoms with E-state index in [1.807, 2.05) is 0 Å². The minimum Gasteiger partial charge on any atom is -0.481 e. The monoisotopic (exact) mass is 278 g/mol. The van der Waals surface area contributed by atoms with E-state index in [4.69, 9.17) is 16.3 Å². The molecule has 19 heavy (non-hydrogen) atoms. The lowest BCUT2D eigenvalue weighted by Crippen LogP contribution is -2.24. The van der Waals surface area contributed by atoms with E-state index in [1.54, 1.807) is 31.2 Å². The van der Waals surface area contributed by atoms with Gasteiger partial charge in [0.1, 0.15) is 11.6 Å². The normalized spacial score (nSPS) is 11.9. The van der Waals surface area contributed by atoms with E-state index in [9.17, 15) is 9.18 Å². The van der Waals surface area contributed by atoms with Crippen molar-refractivity contribution in [1.82, 2.24) is 0 Å². The predicted molar refractivity (Wildman–Crippen MR) is 72.3 cm³/mol. The van der Waals surface area contributed by atoms with Crippen LogP contribution in [0.2, 0.25) is 5.02 Å². The highest BCUT2D eigenvalue weighted by atomic mass is 35.5. The summed E-state index contributed by atoms with van der Waals surface area (Å²) < 4.78 is 18.3. The minimum atomic E-state index is -0.689. The maximum atomic E-state index is 12.8. The number of para-hydroxylation sites is 1. The molecule has 0 heterocycles. The first kappa shape index (κ1) is 13.6. The van der Waals surface area contributed by atoms with Crippen LogP contribution < -0.4 is 4.74 Å². The molecule has 0 fully saturated rings. The lowest BCUT2D eigenvalue weighted by Gasteiger charge is -2.14. The van der Waals surface area contributed by atoms with E-state index < -0.39 is 6.10 Å². The zero-order valence-corrected chi connectivity index (χ0v) is 11.0. The number of rotatable bonds is 4. The average molecular weight is 279 g/mol. The van der Waals surface area contributed by atoms with Crippen molar-refractivity contribution in [3.63, 3.8) is 0 Å². The molecule has 2 nitrogen and oxygen atoms in total. The third-order valence-corrected chi connectivity index (χ3v) is 2.95. The molecule has 0 amide bonds. The van der Waals surface area contributed by atoms with Crippen molar-refractivity contribution in [3.05, 3.63) is 64.9 Å². The summed E-state index contributed by atoms with van der Waals surface area (Å²) in [5.74, 6) is -0.150. The van der Waals surface area contributed by atoms with Crippen LogP contribution in [0, 0.1) is 5.82 Å². The smallest absolute Gasteiger partial charge is 0.202 e. The Morgan fingerprint density at radius 1 is 1.16 bits per heavy atom. The van der Waals surface area contributed by atoms with Crippen LogP contribution >= 0.6 is 11.6 Å². The van der Waals surface area contributed by atoms with Crippen LogP contribution in [0.15, 0.2) is 48.5 Å². The zero-order chi connectivity index (χ0) is 13.8. The third kappa shape index (κ3) is 3.32. The van der Waals surface area contributed by atoms with Crippen LogP contribution in [0.1, 0.15) is 17.3 Å². The molecule has 0 aliphatic carbocycles. The Labute approximate surface area is 115 Å². The maximum absolute atomic E-state index is 12.8. The summed E-state index contributed by atoms with van der Waals surface area (Å²) in [6, 6.07) is 12.3. The molecule has 0 saturated carbocycles. The molecule has 98 valence electrons. The van der Waals surface area contributed by atoms with Gasteiger partial charge in [0.15, 0.2) is 6.10 Å². The highest BCUT2D eigenvalue weighted by Crippen LogP contribution is 2.24. The maximum Gasteiger partial charge on any atom is 0.202 e. The lowest BCUT2D eigenvalue weighted by atomic mass is 10.1. The fraction of sp³-hybridized carbons (Fsp3) is 0.133. The first-order valence-electron chi connectivity index (χ1n) is 5.79. The second-order valence-electron chi connectivity index (χ2n) is 4.06. The zero-order valence-electron chi connectivity index (χ0n) is 10.3. The summed E-state index contributed by atoms with van der Waals surface area (Å²) in [6.45, 7) is 1.63. The van der Waals surface area contributed by atoms with Crippen molar-refractivity contribution in [2.45, 2.75) is 13.0 Å². The molecule has 4 heteroatoms. The molecular formula is C15H12ClFO2. The van der Waals surface area contributed by atoms with Crippen LogP contribution in [0.4, 0.5) is 4.39 Å². The number of halogens is 2. The van der Waals surface area contributed by atoms with Gasteiger partial charge >= 0.3 is 0 Å². The highest BCUT2D eigenvalue weighted by molar-refractivity contribution is 6.32. The number of ketones is 1. The molecule has 0 saturated heterocycles. The number of ether oxygens (including phenoxy) is 1. The molecule has 0 radical (unpaired) electrons. The van der Waals surface area contributed by atoms with Crippen molar-refractivity contribution in [2.24, 2.45) is 0 Å². The SMILES string of the molecule is CC(Oc1ccccc1Cl)C(=O)c1ccc(F)cc1. The molecule has 2 aromatic rings. The largest absolute Gasteiger partial charge is 0.481 e. The van der Waals surface area contributed by atoms with E-state index in [0.717, 1.165) is 0 Å². The van der Waals surface area contributed by atoms with E-state index in [1.165, 1.54) is 24.3 Å². The summed E-state index contributed by atoms with van der Waals surface area (Å²) in [6.07, 6.45) is -0.689. The van der Waals surface area contributed by atoms with E-state index in [-0.39, 0.29) is 11.6 Å². The molecule has 2 aromatic carbocycles. The van der Waals surface area contributed by atoms with Crippen LogP contribution in [0.5, 0.6) is 5.75 Å². The first-order valence-corrected chi connectivity index (χ1v) is 6.16. The summed E-state index contributed by atoms with van der Waals surface area (Å²) in [4.78, 5) is 12.1. The van der Waals surface area contributed by atoms with Gasteiger partial charge < -0.3 is 4.74 Å². The van der Waals surface area contributed by atoms with E-state index >= 15 is 0 Å². The molecule has 0 aromatic heterocycles. The number of hydrogen-bond donors (Lipinski definition) is 0. The quantitative estimate of drug-likeness (QED) is 0.786. The minimum absolute atomic E-state index is 0.222. The number of benzene rings is 2. The Bertz CT molecular complexity index is 581. The van der Waals surface area contributed by atoms with Crippen molar-refractivity contribution in [2.75, 3.05) is 0 Å². The summed E-state index contributed by atoms with van der Waals surface area (Å²) in [5, 5.41) is 0.446. The molecule has 1 atom stereocenters. The standard InChI is InChI=1S/C15H12ClFO2/c1-10(19-14-5-3-2-4-13(14)16)15(18)11-6-8-12(17)9-7-11/h2-10H,1H3. The Hall–Kier alpha value is -1.87. The van der Waals surface area contributed by atoms with Gasteiger partial charge in [0.2, 0.25) is 5.78 Å². The number of Topliss-reactive ketones (excluding diaryl/α,β-unsaturated/α-hetero) is 1. The van der Waals surface area contributed by atoms with E-state index in [2.05, 4.69) is 0 Å². The Balaban J connectivity index is 2.12. The number of hydrogen-bond acceptors (Lipinski definition) is 2. The van der Waals surface area contributed by atoms with Crippen LogP contribution in [0.25, 0.3) is 0 Å². The fourth-order valence-corrected chi connectivity index (χ4v) is 1.81. The highest BCUT2D eigenvalue weighted by Gasteiger charge is 2.17. The number of carbonyl (C=O) groups is 1. The molecule has 0 N–H and O–H groups in total. The van der Waals surface area contributed by atoms with Gasteiger partial charge in [-0.15, -0.1) is 0 Å². The van der Waals surface area contributed by atoms with Gasteiger partial charge in [-0.25, -0.2) is 4.39 Å². The average Bonchev–Trinajstić information content (AvgIpc) is 2.41. The van der Waals surface area contributed by atoms with Gasteiger partial charge in [-0.2, -0.15) is 0 Å². The topological polar surface area (TPSA) is 26.3 Å². The first-order chi connectivity index (χ1) is 9.08. The molecule has 2 rings (SSSR count). The van der Waals surface area contributed by atoms with Gasteiger partial charge in [0.25, 0.3) is 0 Å². The Morgan fingerprint density at radius 3 is 2.42 bits per heavy atom. The molecule has 1 unspecified atom stereocenters. The van der Waals surface area contributed by atoms with Crippen LogP contribution in [0.3, 0.4) is 0 Å². The molecular weight excluding hydrogens is 267 g/mol. The van der Waals surface area contributed by atoms with Crippen molar-refractivity contribution < 1.29 is 13.9 Å². The number of carbonyl (C=O) groups excluding carboxylic acids is 1. The van der Waals surface area contributed by atoms with Gasteiger partial charge in [0.05, 0.1) is 5.02 Å². The summed E-state index contributed by atoms with van der Waals surface area (Å²) in [7, 11) is 0. The third-order valence-electron chi connectivity index (χ3n) is 2.64. The summed E-state index contributed by atoms with van der Waals surface area (Å²) in [5.41, 5.74) is 0.404. The van der Waals surface area contributed by atoms with Crippen molar-refractivity contribution in [1.29, 1.82) is 0 Å². The molecule has 0 spiro atoms. The van der Waals surface area contributed by atoms with E-state index in [0.29, 0.717) is 16.3 Å². The van der Waals surface area contributed by atoms with Gasteiger partial charge in [-0.1, -0.05) is 23.7 Å². The van der Waals surface area contributed by atoms with Crippen molar-refractivity contribution in [3.8, 4) is 5.75 Å². The molecule has 0 bridgehead atoms. The Kier molecular flexibility index (Phi) is 4.17. The van der Waals surface area contributed by atoms with Gasteiger partial charge in [-0.05, 0) is 43.3 Å². The summed E-state index contributed by atoms with van der Waals surface area (Å²) >= 11 is 5.95. The second kappa shape index (κ2) is 5.85. The molecule has 0 aliphatic heterocycles. The fourth-order valence-electron chi connectivity index (χ4n) is 1.63. The van der Waals surface area contributed by atoms with Gasteiger partial charge in [0, 0.05) is 5.56 Å². The second-order valence-corrected chi connectivity index (χ2v) is 4.47. The lowest BCUT2D eigenvalue weighted by molar-refractivity contribution is 0.0818. The van der Waals surface area contributed by atoms with Crippen LogP contribution in [-0.4, -0.2) is 11.9 Å². The van der Waals surface area contributed by atoms with Crippen molar-refractivity contribution >= 4 is 17.4 Å². The van der Waals surface area contributed by atoms with Gasteiger partial charge in [-0.3, -0.25) is 4.79 Å². The van der Waals surface area contributed by atoms with Crippen LogP contribution in [-0.2, 0) is 0 Å².